The molecule has 0 amide bonds. The van der Waals surface area contributed by atoms with Gasteiger partial charge in [0.2, 0.25) is 0 Å². The second kappa shape index (κ2) is 9.76. The first-order valence-electron chi connectivity index (χ1n) is 11.3. The zero-order valence-corrected chi connectivity index (χ0v) is 20.3. The smallest absolute Gasteiger partial charge is 0.343 e. The van der Waals surface area contributed by atoms with Crippen LogP contribution in [0, 0.1) is 11.7 Å². The normalized spacial score (nSPS) is 20.4. The van der Waals surface area contributed by atoms with E-state index in [0.717, 1.165) is 31.1 Å². The van der Waals surface area contributed by atoms with Gasteiger partial charge in [-0.05, 0) is 66.7 Å². The highest BCUT2D eigenvalue weighted by atomic mass is 32.2. The van der Waals surface area contributed by atoms with Gasteiger partial charge in [0.15, 0.2) is 0 Å². The third-order valence-corrected chi connectivity index (χ3v) is 7.97. The minimum Gasteiger partial charge on any atom is -0.492 e. The molecule has 7 nitrogen and oxygen atoms in total. The topological polar surface area (TPSA) is 84.9 Å². The highest BCUT2D eigenvalue weighted by Crippen LogP contribution is 2.42. The molecule has 2 aromatic rings. The molecule has 2 aliphatic heterocycles. The van der Waals surface area contributed by atoms with Crippen molar-refractivity contribution in [1.29, 1.82) is 0 Å². The summed E-state index contributed by atoms with van der Waals surface area (Å²) in [7, 11) is -2.93. The van der Waals surface area contributed by atoms with Crippen molar-refractivity contribution in [3.8, 4) is 5.75 Å². The van der Waals surface area contributed by atoms with Gasteiger partial charge in [0.25, 0.3) is 10.0 Å². The molecule has 2 heterocycles. The van der Waals surface area contributed by atoms with E-state index in [4.69, 9.17) is 9.47 Å². The van der Waals surface area contributed by atoms with E-state index in [9.17, 15) is 17.6 Å². The molecule has 0 bridgehead atoms. The largest absolute Gasteiger partial charge is 0.492 e. The molecule has 0 saturated carbocycles. The van der Waals surface area contributed by atoms with Crippen LogP contribution < -0.4 is 9.46 Å². The molecule has 2 aliphatic rings. The SMILES string of the molecule is COC(=O)c1c(NS(=O)(=O)c2ccc(F)cc2/C=C\CN2CCC2)ccc2c1OCC(C)C2C. The molecule has 4 rings (SSSR count). The Morgan fingerprint density at radius 1 is 1.26 bits per heavy atom. The number of hydrogen-bond acceptors (Lipinski definition) is 6. The zero-order valence-electron chi connectivity index (χ0n) is 19.5. The molecule has 2 unspecified atom stereocenters. The van der Waals surface area contributed by atoms with Gasteiger partial charge in [0.05, 0.1) is 24.3 Å². The Morgan fingerprint density at radius 3 is 2.71 bits per heavy atom. The number of esters is 1. The molecule has 1 saturated heterocycles. The van der Waals surface area contributed by atoms with Crippen LogP contribution in [0.4, 0.5) is 10.1 Å². The minimum atomic E-state index is -4.16. The van der Waals surface area contributed by atoms with Crippen LogP contribution in [0.3, 0.4) is 0 Å². The molecule has 2 atom stereocenters. The van der Waals surface area contributed by atoms with E-state index in [1.54, 1.807) is 18.2 Å². The summed E-state index contributed by atoms with van der Waals surface area (Å²) in [6.07, 6.45) is 4.57. The molecule has 1 N–H and O–H groups in total. The zero-order chi connectivity index (χ0) is 24.5. The standard InChI is InChI=1S/C25H29FN2O5S/c1-16-15-33-24-20(17(16)2)8-9-21(23(24)25(29)32-3)27-34(30,31)22-10-7-19(26)14-18(22)6-4-11-28-12-5-13-28/h4,6-10,14,16-17,27H,5,11-13,15H2,1-3H3/b6-4-. The van der Waals surface area contributed by atoms with Crippen molar-refractivity contribution in [3.05, 3.63) is 58.9 Å². The molecular formula is C25H29FN2O5S. The van der Waals surface area contributed by atoms with Crippen LogP contribution >= 0.6 is 0 Å². The van der Waals surface area contributed by atoms with Gasteiger partial charge < -0.3 is 9.47 Å². The minimum absolute atomic E-state index is 0.0271. The number of methoxy groups -OCH3 is 1. The Balaban J connectivity index is 1.71. The summed E-state index contributed by atoms with van der Waals surface area (Å²) < 4.78 is 54.0. The van der Waals surface area contributed by atoms with Crippen molar-refractivity contribution in [1.82, 2.24) is 4.90 Å². The number of rotatable bonds is 7. The Labute approximate surface area is 199 Å². The fourth-order valence-electron chi connectivity index (χ4n) is 4.16. The van der Waals surface area contributed by atoms with Gasteiger partial charge in [-0.2, -0.15) is 0 Å². The number of fused-ring (bicyclic) bond motifs is 1. The Morgan fingerprint density at radius 2 is 2.03 bits per heavy atom. The lowest BCUT2D eigenvalue weighted by molar-refractivity contribution is 0.0594. The van der Waals surface area contributed by atoms with Crippen molar-refractivity contribution in [2.75, 3.05) is 38.1 Å². The summed E-state index contributed by atoms with van der Waals surface area (Å²) in [6.45, 7) is 7.14. The highest BCUT2D eigenvalue weighted by Gasteiger charge is 2.32. The Kier molecular flexibility index (Phi) is 6.95. The maximum Gasteiger partial charge on any atom is 0.343 e. The highest BCUT2D eigenvalue weighted by molar-refractivity contribution is 7.92. The number of nitrogens with zero attached hydrogens (tertiary/aromatic N) is 1. The van der Waals surface area contributed by atoms with E-state index in [1.807, 2.05) is 19.9 Å². The lowest BCUT2D eigenvalue weighted by Gasteiger charge is -2.30. The maximum atomic E-state index is 14.0. The predicted molar refractivity (Wildman–Crippen MR) is 128 cm³/mol. The van der Waals surface area contributed by atoms with Crippen molar-refractivity contribution in [2.45, 2.75) is 31.1 Å². The molecule has 9 heteroatoms. The van der Waals surface area contributed by atoms with Crippen molar-refractivity contribution in [2.24, 2.45) is 5.92 Å². The van der Waals surface area contributed by atoms with Gasteiger partial charge in [-0.15, -0.1) is 0 Å². The second-order valence-corrected chi connectivity index (χ2v) is 10.5. The molecule has 0 aliphatic carbocycles. The van der Waals surface area contributed by atoms with Crippen molar-refractivity contribution < 1.29 is 27.1 Å². The van der Waals surface area contributed by atoms with Crippen LogP contribution in [0.15, 0.2) is 41.3 Å². The van der Waals surface area contributed by atoms with E-state index in [1.165, 1.54) is 19.2 Å². The third-order valence-electron chi connectivity index (χ3n) is 6.53. The first-order chi connectivity index (χ1) is 16.2. The fraction of sp³-hybridized carbons (Fsp3) is 0.400. The maximum absolute atomic E-state index is 14.0. The van der Waals surface area contributed by atoms with Crippen LogP contribution in [-0.4, -0.2) is 52.6 Å². The summed E-state index contributed by atoms with van der Waals surface area (Å²) in [5, 5.41) is 0. The lowest BCUT2D eigenvalue weighted by atomic mass is 9.85. The molecular weight excluding hydrogens is 459 g/mol. The van der Waals surface area contributed by atoms with Crippen LogP contribution in [0.5, 0.6) is 5.75 Å². The fourth-order valence-corrected chi connectivity index (χ4v) is 5.41. The predicted octanol–water partition coefficient (Wildman–Crippen LogP) is 4.26. The van der Waals surface area contributed by atoms with Crippen LogP contribution in [0.1, 0.15) is 47.7 Å². The summed E-state index contributed by atoms with van der Waals surface area (Å²) in [5.41, 5.74) is 1.12. The molecule has 1 fully saturated rings. The molecule has 2 aromatic carbocycles. The first kappa shape index (κ1) is 24.2. The average molecular weight is 489 g/mol. The van der Waals surface area contributed by atoms with Gasteiger partial charge in [0, 0.05) is 6.54 Å². The molecule has 0 spiro atoms. The van der Waals surface area contributed by atoms with Gasteiger partial charge in [-0.1, -0.05) is 32.1 Å². The number of likely N-dealkylation sites (tertiary alicyclic amines) is 1. The van der Waals surface area contributed by atoms with E-state index in [0.29, 0.717) is 18.9 Å². The third kappa shape index (κ3) is 4.81. The summed E-state index contributed by atoms with van der Waals surface area (Å²) in [6, 6.07) is 6.81. The van der Waals surface area contributed by atoms with Crippen molar-refractivity contribution >= 4 is 27.8 Å². The van der Waals surface area contributed by atoms with Crippen LogP contribution in [0.25, 0.3) is 6.08 Å². The van der Waals surface area contributed by atoms with Gasteiger partial charge in [-0.25, -0.2) is 17.6 Å². The number of halogens is 1. The molecule has 34 heavy (non-hydrogen) atoms. The Bertz CT molecular complexity index is 1220. The number of nitrogens with one attached hydrogen (secondary N) is 1. The molecule has 0 aromatic heterocycles. The number of hydrogen-bond donors (Lipinski definition) is 1. The second-order valence-electron chi connectivity index (χ2n) is 8.82. The Hall–Kier alpha value is -2.91. The number of carbonyl (C=O) groups excluding carboxylic acids is 1. The summed E-state index contributed by atoms with van der Waals surface area (Å²) in [4.78, 5) is 14.8. The van der Waals surface area contributed by atoms with E-state index in [-0.39, 0.29) is 33.5 Å². The van der Waals surface area contributed by atoms with Gasteiger partial charge >= 0.3 is 5.97 Å². The van der Waals surface area contributed by atoms with Crippen LogP contribution in [0.2, 0.25) is 0 Å². The van der Waals surface area contributed by atoms with Crippen molar-refractivity contribution in [3.63, 3.8) is 0 Å². The van der Waals surface area contributed by atoms with Gasteiger partial charge in [-0.3, -0.25) is 9.62 Å². The van der Waals surface area contributed by atoms with Crippen LogP contribution in [-0.2, 0) is 14.8 Å². The summed E-state index contributed by atoms with van der Waals surface area (Å²) >= 11 is 0. The first-order valence-corrected chi connectivity index (χ1v) is 12.8. The number of anilines is 1. The number of benzene rings is 2. The monoisotopic (exact) mass is 488 g/mol. The number of sulfonamides is 1. The average Bonchev–Trinajstić information content (AvgIpc) is 2.77. The molecule has 182 valence electrons. The lowest BCUT2D eigenvalue weighted by Crippen LogP contribution is -2.36. The van der Waals surface area contributed by atoms with E-state index < -0.39 is 21.8 Å². The summed E-state index contributed by atoms with van der Waals surface area (Å²) in [5.74, 6) is -0.553. The quantitative estimate of drug-likeness (QED) is 0.586. The molecule has 0 radical (unpaired) electrons. The number of ether oxygens (including phenoxy) is 2. The van der Waals surface area contributed by atoms with E-state index in [2.05, 4.69) is 9.62 Å². The van der Waals surface area contributed by atoms with E-state index >= 15 is 0 Å². The number of carbonyl (C=O) groups is 1. The van der Waals surface area contributed by atoms with Gasteiger partial charge in [0.1, 0.15) is 17.1 Å².